The van der Waals surface area contributed by atoms with E-state index in [4.69, 9.17) is 53.1 Å². The van der Waals surface area contributed by atoms with Crippen molar-refractivity contribution in [3.63, 3.8) is 0 Å². The number of carbonyl (C=O) groups is 7. The molecule has 4 aliphatic heterocycles. The predicted octanol–water partition coefficient (Wildman–Crippen LogP) is 0.827. The number of carboxylic acid groups (broad SMARTS) is 2. The fourth-order valence-corrected chi connectivity index (χ4v) is 12.0. The number of amides is 5. The summed E-state index contributed by atoms with van der Waals surface area (Å²) in [6.07, 6.45) is -10.1. The summed E-state index contributed by atoms with van der Waals surface area (Å²) in [4.78, 5) is 97.4. The molecular weight excluding hydrogens is 1340 g/mol. The Morgan fingerprint density at radius 2 is 1.45 bits per heavy atom. The number of hydrogen-bond donors (Lipinski definition) is 8. The summed E-state index contributed by atoms with van der Waals surface area (Å²) in [5.41, 5.74) is 1.49. The van der Waals surface area contributed by atoms with Gasteiger partial charge in [0.15, 0.2) is 29.5 Å². The number of benzene rings is 4. The van der Waals surface area contributed by atoms with Gasteiger partial charge in [0.05, 0.1) is 70.3 Å². The highest BCUT2D eigenvalue weighted by Gasteiger charge is 2.49. The predicted molar refractivity (Wildman–Crippen MR) is 334 cm³/mol. The number of aliphatic carboxylic acids is 2. The largest absolute Gasteiger partial charge is 0.501 e. The van der Waals surface area contributed by atoms with Crippen LogP contribution in [0.5, 0.6) is 28.7 Å². The van der Waals surface area contributed by atoms with Crippen molar-refractivity contribution in [3.05, 3.63) is 138 Å². The number of methoxy groups -OCH3 is 1. The maximum atomic E-state index is 14.8. The Morgan fingerprint density at radius 3 is 2.17 bits per heavy atom. The number of carboxylic acids is 2. The number of halogens is 1. The molecule has 0 spiro atoms. The second-order valence-electron chi connectivity index (χ2n) is 22.6. The van der Waals surface area contributed by atoms with Gasteiger partial charge in [-0.25, -0.2) is 19.3 Å². The molecule has 2 saturated heterocycles. The first-order chi connectivity index (χ1) is 46.9. The first-order valence-corrected chi connectivity index (χ1v) is 31.8. The number of aliphatic hydroxyl groups excluding tert-OH is 5. The van der Waals surface area contributed by atoms with Crippen molar-refractivity contribution in [2.75, 3.05) is 69.7 Å². The SMILES string of the molecule is COc1ccc2c(OS(=O)(=O)Oc3cc(C(=O)N(C)CCOCCn4cc(COCCN5C(=O)C=CC5=O)nn4)ccc3OC3O[C@H](C(=O)O)[C@@H](O)[C@H](O)[C@H]3O)cc3c(c2c1)[C@H](CCl)CN3C(=O)c1cn2cc(NC(=O)c3ccc(O[C@@H]4OC(C(=O)O)C[C@H](O)[C@H]4O)cc3)ccc2n1. The van der Waals surface area contributed by atoms with Gasteiger partial charge in [-0.1, -0.05) is 5.21 Å². The van der Waals surface area contributed by atoms with Crippen molar-refractivity contribution in [1.82, 2.24) is 34.2 Å². The van der Waals surface area contributed by atoms with E-state index in [0.717, 1.165) is 17.0 Å². The number of alkyl halides is 1. The van der Waals surface area contributed by atoms with E-state index in [2.05, 4.69) is 20.6 Å². The molecule has 2 fully saturated rings. The van der Waals surface area contributed by atoms with Gasteiger partial charge in [0.2, 0.25) is 12.6 Å². The van der Waals surface area contributed by atoms with Crippen LogP contribution in [0.2, 0.25) is 0 Å². The number of hydrogen-bond acceptors (Lipinski definition) is 26. The smallest absolute Gasteiger partial charge is 0.497 e. The van der Waals surface area contributed by atoms with Crippen LogP contribution in [0.25, 0.3) is 16.4 Å². The summed E-state index contributed by atoms with van der Waals surface area (Å²) in [7, 11) is -2.61. The molecule has 3 aromatic heterocycles. The molecule has 0 aliphatic carbocycles. The molecule has 5 amide bonds. The van der Waals surface area contributed by atoms with E-state index in [0.29, 0.717) is 22.4 Å². The Morgan fingerprint density at radius 1 is 0.735 bits per heavy atom. The zero-order valence-corrected chi connectivity index (χ0v) is 53.2. The minimum absolute atomic E-state index is 0.00575. The Kier molecular flexibility index (Phi) is 20.8. The first kappa shape index (κ1) is 69.4. The monoisotopic (exact) mass is 1400 g/mol. The quantitative estimate of drug-likeness (QED) is 0.0201. The summed E-state index contributed by atoms with van der Waals surface area (Å²) in [5, 5.41) is 82.8. The molecule has 0 bridgehead atoms. The number of likely N-dealkylation sites (N-methyl/N-ethyl adjacent to an activating group) is 1. The van der Waals surface area contributed by atoms with Crippen LogP contribution in [-0.4, -0.2) is 235 Å². The minimum atomic E-state index is -5.43. The Balaban J connectivity index is 0.792. The van der Waals surface area contributed by atoms with Crippen molar-refractivity contribution in [2.45, 2.75) is 80.8 Å². The zero-order chi connectivity index (χ0) is 69.9. The number of ether oxygens (including phenoxy) is 7. The molecule has 98 heavy (non-hydrogen) atoms. The average Bonchev–Trinajstić information content (AvgIpc) is 1.52. The molecule has 2 unspecified atom stereocenters. The van der Waals surface area contributed by atoms with Crippen molar-refractivity contribution in [3.8, 4) is 28.7 Å². The molecule has 0 radical (unpaired) electrons. The second-order valence-corrected chi connectivity index (χ2v) is 24.1. The van der Waals surface area contributed by atoms with E-state index in [1.807, 2.05) is 0 Å². The maximum absolute atomic E-state index is 14.8. The number of imide groups is 1. The molecular formula is C62H62ClN9O25S. The molecule has 10 atom stereocenters. The van der Waals surface area contributed by atoms with E-state index >= 15 is 0 Å². The molecule has 7 aromatic rings. The van der Waals surface area contributed by atoms with E-state index < -0.39 is 130 Å². The molecule has 4 aromatic carbocycles. The van der Waals surface area contributed by atoms with Crippen molar-refractivity contribution in [2.24, 2.45) is 0 Å². The number of fused-ring (bicyclic) bond motifs is 4. The summed E-state index contributed by atoms with van der Waals surface area (Å²) in [6, 6.07) is 17.6. The molecule has 34 nitrogen and oxygen atoms in total. The van der Waals surface area contributed by atoms with Crippen LogP contribution in [0.15, 0.2) is 110 Å². The third-order valence-electron chi connectivity index (χ3n) is 16.1. The Bertz CT molecular complexity index is 4350. The zero-order valence-electron chi connectivity index (χ0n) is 51.6. The van der Waals surface area contributed by atoms with Gasteiger partial charge >= 0.3 is 22.3 Å². The van der Waals surface area contributed by atoms with Crippen LogP contribution in [0.4, 0.5) is 11.4 Å². The highest BCUT2D eigenvalue weighted by atomic mass is 35.5. The Hall–Kier alpha value is -9.92. The van der Waals surface area contributed by atoms with Gasteiger partial charge in [0, 0.05) is 85.5 Å². The van der Waals surface area contributed by atoms with Gasteiger partial charge in [-0.15, -0.1) is 25.1 Å². The van der Waals surface area contributed by atoms with Gasteiger partial charge in [0.1, 0.15) is 52.9 Å². The lowest BCUT2D eigenvalue weighted by atomic mass is 9.95. The van der Waals surface area contributed by atoms with E-state index in [-0.39, 0.29) is 110 Å². The van der Waals surface area contributed by atoms with Gasteiger partial charge in [-0.2, -0.15) is 0 Å². The number of nitrogens with zero attached hydrogens (tertiary/aromatic N) is 8. The highest BCUT2D eigenvalue weighted by Crippen LogP contribution is 2.48. The molecule has 8 N–H and O–H groups in total. The molecule has 36 heteroatoms. The molecule has 11 rings (SSSR count). The van der Waals surface area contributed by atoms with E-state index in [1.165, 1.54) is 118 Å². The average molecular weight is 1400 g/mol. The van der Waals surface area contributed by atoms with Gasteiger partial charge in [0.25, 0.3) is 29.5 Å². The minimum Gasteiger partial charge on any atom is -0.497 e. The third-order valence-corrected chi connectivity index (χ3v) is 17.2. The lowest BCUT2D eigenvalue weighted by molar-refractivity contribution is -0.271. The number of carbonyl (C=O) groups excluding carboxylic acids is 5. The van der Waals surface area contributed by atoms with Gasteiger partial charge in [-0.3, -0.25) is 28.9 Å². The van der Waals surface area contributed by atoms with Crippen molar-refractivity contribution >= 4 is 91.3 Å². The number of aromatic nitrogens is 5. The summed E-state index contributed by atoms with van der Waals surface area (Å²) >= 11 is 6.62. The maximum Gasteiger partial charge on any atom is 0.501 e. The number of nitrogens with one attached hydrogen (secondary N) is 1. The standard InChI is InChI=1S/C62H62ClN9O25S/c1-68(15-18-90-19-16-70-28-35(66-67-70)30-91-20-17-71-48(74)13-14-49(71)75)57(81)32-5-11-43(93-62-54(79)52(77)53(78)55(95-62)60(85)86)45(21-32)97-98(87,88)96-44-23-41-50(39-22-37(89-2)9-10-38(39)44)33(25-63)26-72(41)58(82)40-29-69-27-34(6-12-47(69)65-40)64-56(80)31-3-7-36(8-4-31)92-61-51(76)42(73)24-46(94-61)59(83)84/h3-14,21-23,27-29,33,42,46,51-55,61-62,73,76-79H,15-20,24-26,30H2,1-2H3,(H,64,80)(H,83,84)(H,85,86)/t33-,42+,46?,51-,52+,53+,54-,55+,61-,62?/m1/s1. The molecule has 518 valence electrons. The fraction of sp³-hybridized carbons (Fsp3) is 0.355. The number of anilines is 2. The summed E-state index contributed by atoms with van der Waals surface area (Å²) in [6.45, 7) is 0.494. The van der Waals surface area contributed by atoms with Crippen molar-refractivity contribution < 1.29 is 119 Å². The van der Waals surface area contributed by atoms with Crippen LogP contribution < -0.4 is 32.8 Å². The Labute approximate surface area is 559 Å². The molecule has 7 heterocycles. The van der Waals surface area contributed by atoms with Crippen LogP contribution in [0, 0.1) is 0 Å². The van der Waals surface area contributed by atoms with E-state index in [1.54, 1.807) is 12.3 Å². The number of rotatable bonds is 27. The first-order valence-electron chi connectivity index (χ1n) is 29.9. The summed E-state index contributed by atoms with van der Waals surface area (Å²) in [5.74, 6) is -7.90. The number of imidazole rings is 1. The second kappa shape index (κ2) is 29.4. The lowest BCUT2D eigenvalue weighted by Crippen LogP contribution is -2.61. The van der Waals surface area contributed by atoms with Crippen molar-refractivity contribution in [1.29, 1.82) is 0 Å². The third kappa shape index (κ3) is 15.3. The van der Waals surface area contributed by atoms with Crippen LogP contribution in [0.3, 0.4) is 0 Å². The van der Waals surface area contributed by atoms with Gasteiger partial charge in [-0.05, 0) is 83.7 Å². The highest BCUT2D eigenvalue weighted by molar-refractivity contribution is 7.82. The van der Waals surface area contributed by atoms with Crippen LogP contribution >= 0.6 is 11.6 Å². The molecule has 4 aliphatic rings. The molecule has 0 saturated carbocycles. The topological polar surface area (TPSA) is 448 Å². The van der Waals surface area contributed by atoms with Crippen LogP contribution in [0.1, 0.15) is 54.8 Å². The number of aliphatic hydroxyl groups is 5. The summed E-state index contributed by atoms with van der Waals surface area (Å²) < 4.78 is 82.1. The van der Waals surface area contributed by atoms with Crippen LogP contribution in [-0.2, 0) is 61.7 Å². The van der Waals surface area contributed by atoms with E-state index in [9.17, 15) is 77.7 Å². The normalized spacial score (nSPS) is 22.2. The van der Waals surface area contributed by atoms with Gasteiger partial charge < -0.3 is 96.8 Å². The number of pyridine rings is 1. The lowest BCUT2D eigenvalue weighted by Gasteiger charge is -2.38. The fourth-order valence-electron chi connectivity index (χ4n) is 11.0.